The van der Waals surface area contributed by atoms with Crippen LogP contribution in [0.15, 0.2) is 12.1 Å². The van der Waals surface area contributed by atoms with E-state index in [1.54, 1.807) is 6.92 Å². The van der Waals surface area contributed by atoms with Crippen LogP contribution in [-0.2, 0) is 4.74 Å². The SMILES string of the molecule is Cc1nc(C(=O)NCCCOC2CCCCC2)ccc1C(=O)O. The third-order valence-electron chi connectivity index (χ3n) is 4.06. The van der Waals surface area contributed by atoms with Gasteiger partial charge in [0.05, 0.1) is 17.4 Å². The summed E-state index contributed by atoms with van der Waals surface area (Å²) >= 11 is 0. The molecule has 126 valence electrons. The number of carbonyl (C=O) groups is 2. The monoisotopic (exact) mass is 320 g/mol. The molecule has 1 saturated carbocycles. The van der Waals surface area contributed by atoms with Gasteiger partial charge in [0.2, 0.25) is 0 Å². The van der Waals surface area contributed by atoms with E-state index in [0.717, 1.165) is 19.3 Å². The van der Waals surface area contributed by atoms with Crippen LogP contribution < -0.4 is 5.32 Å². The molecule has 1 heterocycles. The molecule has 0 unspecified atom stereocenters. The number of aryl methyl sites for hydroxylation is 1. The highest BCUT2D eigenvalue weighted by molar-refractivity contribution is 5.94. The fraction of sp³-hybridized carbons (Fsp3) is 0.588. The summed E-state index contributed by atoms with van der Waals surface area (Å²) < 4.78 is 5.80. The average molecular weight is 320 g/mol. The molecule has 0 aromatic carbocycles. The number of ether oxygens (including phenoxy) is 1. The molecule has 0 atom stereocenters. The molecule has 0 radical (unpaired) electrons. The van der Waals surface area contributed by atoms with Crippen molar-refractivity contribution in [2.45, 2.75) is 51.6 Å². The number of hydrogen-bond acceptors (Lipinski definition) is 4. The molecule has 0 aliphatic heterocycles. The number of rotatable bonds is 7. The van der Waals surface area contributed by atoms with Crippen molar-refractivity contribution in [1.29, 1.82) is 0 Å². The zero-order chi connectivity index (χ0) is 16.7. The van der Waals surface area contributed by atoms with E-state index in [1.807, 2.05) is 0 Å². The number of carboxylic acids is 1. The second-order valence-electron chi connectivity index (χ2n) is 5.87. The second kappa shape index (κ2) is 8.62. The smallest absolute Gasteiger partial charge is 0.337 e. The first kappa shape index (κ1) is 17.4. The highest BCUT2D eigenvalue weighted by Crippen LogP contribution is 2.20. The molecule has 1 fully saturated rings. The lowest BCUT2D eigenvalue weighted by atomic mass is 9.98. The first-order valence-electron chi connectivity index (χ1n) is 8.18. The normalized spacial score (nSPS) is 15.3. The van der Waals surface area contributed by atoms with Crippen molar-refractivity contribution in [2.75, 3.05) is 13.2 Å². The highest BCUT2D eigenvalue weighted by atomic mass is 16.5. The Bertz CT molecular complexity index is 554. The molecule has 2 rings (SSSR count). The van der Waals surface area contributed by atoms with Gasteiger partial charge in [-0.25, -0.2) is 9.78 Å². The number of aromatic carboxylic acids is 1. The fourth-order valence-electron chi connectivity index (χ4n) is 2.76. The van der Waals surface area contributed by atoms with Crippen LogP contribution in [0.2, 0.25) is 0 Å². The van der Waals surface area contributed by atoms with E-state index in [4.69, 9.17) is 9.84 Å². The molecule has 1 aliphatic rings. The third-order valence-corrected chi connectivity index (χ3v) is 4.06. The van der Waals surface area contributed by atoms with Crippen LogP contribution in [0.3, 0.4) is 0 Å². The Labute approximate surface area is 136 Å². The maximum absolute atomic E-state index is 12.0. The van der Waals surface area contributed by atoms with Gasteiger partial charge >= 0.3 is 5.97 Å². The van der Waals surface area contributed by atoms with Crippen LogP contribution in [0.5, 0.6) is 0 Å². The minimum absolute atomic E-state index is 0.113. The minimum atomic E-state index is -1.04. The predicted octanol–water partition coefficient (Wildman–Crippen LogP) is 2.56. The van der Waals surface area contributed by atoms with Crippen molar-refractivity contribution in [2.24, 2.45) is 0 Å². The molecule has 23 heavy (non-hydrogen) atoms. The number of hydrogen-bond donors (Lipinski definition) is 2. The summed E-state index contributed by atoms with van der Waals surface area (Å²) in [7, 11) is 0. The number of nitrogens with zero attached hydrogens (tertiary/aromatic N) is 1. The number of amides is 1. The van der Waals surface area contributed by atoms with E-state index in [0.29, 0.717) is 24.9 Å². The predicted molar refractivity (Wildman–Crippen MR) is 85.7 cm³/mol. The third kappa shape index (κ3) is 5.32. The van der Waals surface area contributed by atoms with Crippen LogP contribution in [0.4, 0.5) is 0 Å². The molecule has 0 saturated heterocycles. The summed E-state index contributed by atoms with van der Waals surface area (Å²) in [5, 5.41) is 11.7. The van der Waals surface area contributed by atoms with E-state index in [2.05, 4.69) is 10.3 Å². The van der Waals surface area contributed by atoms with Gasteiger partial charge in [0.1, 0.15) is 5.69 Å². The number of carboxylic acid groups (broad SMARTS) is 1. The van der Waals surface area contributed by atoms with E-state index < -0.39 is 5.97 Å². The zero-order valence-electron chi connectivity index (χ0n) is 13.5. The van der Waals surface area contributed by atoms with Gasteiger partial charge in [0.15, 0.2) is 0 Å². The van der Waals surface area contributed by atoms with Gasteiger partial charge in [-0.3, -0.25) is 4.79 Å². The molecular formula is C17H24N2O4. The average Bonchev–Trinajstić information content (AvgIpc) is 2.55. The Morgan fingerprint density at radius 2 is 2.04 bits per heavy atom. The zero-order valence-corrected chi connectivity index (χ0v) is 13.5. The molecule has 1 aliphatic carbocycles. The fourth-order valence-corrected chi connectivity index (χ4v) is 2.76. The van der Waals surface area contributed by atoms with Crippen LogP contribution in [0.25, 0.3) is 0 Å². The molecule has 1 amide bonds. The lowest BCUT2D eigenvalue weighted by Gasteiger charge is -2.21. The summed E-state index contributed by atoms with van der Waals surface area (Å²) in [6, 6.07) is 2.84. The van der Waals surface area contributed by atoms with Gasteiger partial charge in [-0.2, -0.15) is 0 Å². The van der Waals surface area contributed by atoms with Gasteiger partial charge in [0.25, 0.3) is 5.91 Å². The van der Waals surface area contributed by atoms with Gasteiger partial charge < -0.3 is 15.2 Å². The van der Waals surface area contributed by atoms with E-state index in [1.165, 1.54) is 31.4 Å². The standard InChI is InChI=1S/C17H24N2O4/c1-12-14(17(21)22)8-9-15(19-12)16(20)18-10-5-11-23-13-6-3-2-4-7-13/h8-9,13H,2-7,10-11H2,1H3,(H,18,20)(H,21,22). The topological polar surface area (TPSA) is 88.5 Å². The molecule has 6 nitrogen and oxygen atoms in total. The van der Waals surface area contributed by atoms with Crippen molar-refractivity contribution in [3.63, 3.8) is 0 Å². The van der Waals surface area contributed by atoms with Gasteiger partial charge in [-0.05, 0) is 38.3 Å². The molecule has 0 bridgehead atoms. The summed E-state index contributed by atoms with van der Waals surface area (Å²) in [5.41, 5.74) is 0.689. The van der Waals surface area contributed by atoms with E-state index in [9.17, 15) is 9.59 Å². The van der Waals surface area contributed by atoms with E-state index in [-0.39, 0.29) is 17.2 Å². The summed E-state index contributed by atoms with van der Waals surface area (Å²) in [4.78, 5) is 26.9. The van der Waals surface area contributed by atoms with Crippen LogP contribution in [-0.4, -0.2) is 41.2 Å². The molecule has 2 N–H and O–H groups in total. The molecule has 6 heteroatoms. The summed E-state index contributed by atoms with van der Waals surface area (Å²) in [6.07, 6.45) is 7.23. The second-order valence-corrected chi connectivity index (χ2v) is 5.87. The minimum Gasteiger partial charge on any atom is -0.478 e. The quantitative estimate of drug-likeness (QED) is 0.754. The van der Waals surface area contributed by atoms with E-state index >= 15 is 0 Å². The largest absolute Gasteiger partial charge is 0.478 e. The van der Waals surface area contributed by atoms with Crippen molar-refractivity contribution < 1.29 is 19.4 Å². The van der Waals surface area contributed by atoms with Crippen molar-refractivity contribution in [3.8, 4) is 0 Å². The molecular weight excluding hydrogens is 296 g/mol. The summed E-state index contributed by atoms with van der Waals surface area (Å²) in [5.74, 6) is -1.33. The number of pyridine rings is 1. The maximum Gasteiger partial charge on any atom is 0.337 e. The lowest BCUT2D eigenvalue weighted by molar-refractivity contribution is 0.0273. The highest BCUT2D eigenvalue weighted by Gasteiger charge is 2.14. The van der Waals surface area contributed by atoms with Crippen LogP contribution >= 0.6 is 0 Å². The summed E-state index contributed by atoms with van der Waals surface area (Å²) in [6.45, 7) is 2.75. The molecule has 1 aromatic rings. The van der Waals surface area contributed by atoms with Crippen molar-refractivity contribution in [1.82, 2.24) is 10.3 Å². The number of nitrogens with one attached hydrogen (secondary N) is 1. The Hall–Kier alpha value is -1.95. The van der Waals surface area contributed by atoms with Crippen LogP contribution in [0.1, 0.15) is 65.1 Å². The molecule has 1 aromatic heterocycles. The number of carbonyl (C=O) groups excluding carboxylic acids is 1. The first-order chi connectivity index (χ1) is 11.1. The Morgan fingerprint density at radius 3 is 2.70 bits per heavy atom. The van der Waals surface area contributed by atoms with Crippen molar-refractivity contribution in [3.05, 3.63) is 29.1 Å². The Kier molecular flexibility index (Phi) is 6.52. The lowest BCUT2D eigenvalue weighted by Crippen LogP contribution is -2.27. The Balaban J connectivity index is 1.70. The van der Waals surface area contributed by atoms with Crippen molar-refractivity contribution >= 4 is 11.9 Å². The van der Waals surface area contributed by atoms with Gasteiger partial charge in [-0.1, -0.05) is 19.3 Å². The molecule has 0 spiro atoms. The van der Waals surface area contributed by atoms with Gasteiger partial charge in [0, 0.05) is 13.2 Å². The first-order valence-corrected chi connectivity index (χ1v) is 8.18. The van der Waals surface area contributed by atoms with Crippen LogP contribution in [0, 0.1) is 6.92 Å². The maximum atomic E-state index is 12.0. The number of aromatic nitrogens is 1. The Morgan fingerprint density at radius 1 is 1.30 bits per heavy atom. The van der Waals surface area contributed by atoms with Gasteiger partial charge in [-0.15, -0.1) is 0 Å².